The molecule has 3 rings (SSSR count). The van der Waals surface area contributed by atoms with Gasteiger partial charge in [0.15, 0.2) is 0 Å². The third kappa shape index (κ3) is 83.1. The van der Waals surface area contributed by atoms with E-state index >= 15 is 0 Å². The molecular weight excluding hydrogens is 1580 g/mol. The minimum Gasteiger partial charge on any atom is -0.873 e. The van der Waals surface area contributed by atoms with Gasteiger partial charge >= 0.3 is 16.5 Å². The van der Waals surface area contributed by atoms with Crippen molar-refractivity contribution in [3.8, 4) is 11.5 Å². The van der Waals surface area contributed by atoms with Gasteiger partial charge < -0.3 is 10.2 Å². The number of carbonyl (C=O) groups is 1. The zero-order valence-electron chi connectivity index (χ0n) is 84.5. The summed E-state index contributed by atoms with van der Waals surface area (Å²) in [4.78, 5) is 22.7. The number of nitrogens with zero attached hydrogens (tertiary/aromatic N) is 2. The molecule has 0 amide bonds. The standard InChI is InChI=1S/C102H182N2.C18H28O3.Ni/c1-5-9-13-17-21-24-27-30-33-36-39-42-45-47-49-51-53-56-59-62-65-68-71-74-77-81-85-97-89-93-99(94-90-97)103-101(87-83-79-20-16-12-8-4)102(88-84-80-76-73-70-67-64-61-58-55-44-41-38-35-32-29-26-23-19-15-11-7-3)104-100-95-91-98(92-96-100)86-82-78-75-72-69-66-63-60-57-54-52-50-48-46-43-40-37-34-31-28-25-22-18-14-10-6-2;1-2-3-4-5-6-7-8-9-10-16(19)13-15-11-12-17(20)18(21)14-15;/h81-82,84-86,88-96H,5-80,83,87H2,1-4H3;11-12,14,20-21H,2-10,13H2,1H3;/q;;+2/p-2. The van der Waals surface area contributed by atoms with Crippen LogP contribution in [-0.4, -0.2) is 17.2 Å². The van der Waals surface area contributed by atoms with E-state index in [1.807, 2.05) is 0 Å². The second-order valence-electron chi connectivity index (χ2n) is 39.0. The monoisotopic (exact) mass is 1780 g/mol. The molecule has 0 saturated carbocycles. The Bertz CT molecular complexity index is 2870. The summed E-state index contributed by atoms with van der Waals surface area (Å²) in [6, 6.07) is 22.2. The Morgan fingerprint density at radius 2 is 0.468 bits per heavy atom. The summed E-state index contributed by atoms with van der Waals surface area (Å²) in [5.74, 6) is -0.874. The molecule has 0 aliphatic heterocycles. The van der Waals surface area contributed by atoms with E-state index in [0.29, 0.717) is 12.0 Å². The summed E-state index contributed by atoms with van der Waals surface area (Å²) < 4.78 is 0. The normalized spacial score (nSPS) is 12.0. The van der Waals surface area contributed by atoms with Gasteiger partial charge in [0.1, 0.15) is 5.78 Å². The van der Waals surface area contributed by atoms with E-state index in [0.717, 1.165) is 54.9 Å². The first-order valence-corrected chi connectivity index (χ1v) is 56.2. The number of carbonyl (C=O) groups excluding carboxylic acids is 1. The van der Waals surface area contributed by atoms with E-state index < -0.39 is 11.5 Å². The van der Waals surface area contributed by atoms with Crippen LogP contribution in [0.25, 0.3) is 12.2 Å². The maximum absolute atomic E-state index is 11.8. The largest absolute Gasteiger partial charge is 2.00 e. The van der Waals surface area contributed by atoms with Crippen LogP contribution in [0.1, 0.15) is 610 Å². The van der Waals surface area contributed by atoms with Crippen LogP contribution in [0.3, 0.4) is 0 Å². The molecule has 0 unspecified atom stereocenters. The summed E-state index contributed by atoms with van der Waals surface area (Å²) >= 11 is 0. The molecule has 0 atom stereocenters. The van der Waals surface area contributed by atoms with Crippen molar-refractivity contribution in [3.63, 3.8) is 0 Å². The quantitative estimate of drug-likeness (QED) is 0.0320. The van der Waals surface area contributed by atoms with Gasteiger partial charge in [-0.1, -0.05) is 602 Å². The molecule has 0 heterocycles. The Balaban J connectivity index is 0.00000313. The molecule has 3 aromatic rings. The van der Waals surface area contributed by atoms with E-state index in [2.05, 4.69) is 120 Å². The van der Waals surface area contributed by atoms with Crippen LogP contribution in [0.15, 0.2) is 101 Å². The minimum absolute atomic E-state index is 0. The number of hydrogen-bond acceptors (Lipinski definition) is 5. The molecule has 126 heavy (non-hydrogen) atoms. The Labute approximate surface area is 795 Å². The number of allylic oxidation sites excluding steroid dienone is 4. The van der Waals surface area contributed by atoms with Crippen molar-refractivity contribution in [2.24, 2.45) is 9.98 Å². The molecule has 0 saturated heterocycles. The van der Waals surface area contributed by atoms with Crippen LogP contribution >= 0.6 is 0 Å². The molecule has 0 bridgehead atoms. The van der Waals surface area contributed by atoms with E-state index in [1.165, 1.54) is 543 Å². The topological polar surface area (TPSA) is 87.9 Å². The fourth-order valence-electron chi connectivity index (χ4n) is 18.2. The molecule has 0 radical (unpaired) electrons. The average Bonchev–Trinajstić information content (AvgIpc) is 0.855. The third-order valence-electron chi connectivity index (χ3n) is 26.7. The van der Waals surface area contributed by atoms with Crippen molar-refractivity contribution in [2.75, 3.05) is 0 Å². The molecule has 0 aliphatic rings. The molecule has 0 aliphatic carbocycles. The predicted molar refractivity (Wildman–Crippen MR) is 558 cm³/mol. The first-order valence-electron chi connectivity index (χ1n) is 56.2. The van der Waals surface area contributed by atoms with Crippen molar-refractivity contribution in [1.29, 1.82) is 0 Å². The van der Waals surface area contributed by atoms with Crippen LogP contribution < -0.4 is 10.2 Å². The molecule has 726 valence electrons. The number of hydrogen-bond donors (Lipinski definition) is 0. The summed E-state index contributed by atoms with van der Waals surface area (Å²) in [6.07, 6.45) is 134. The van der Waals surface area contributed by atoms with Crippen molar-refractivity contribution < 1.29 is 31.5 Å². The molecule has 0 N–H and O–H groups in total. The van der Waals surface area contributed by atoms with Gasteiger partial charge in [-0.3, -0.25) is 9.79 Å². The Hall–Kier alpha value is -4.02. The molecule has 0 spiro atoms. The molecular formula is C120H208N2NiO3. The Morgan fingerprint density at radius 3 is 0.722 bits per heavy atom. The van der Waals surface area contributed by atoms with Crippen molar-refractivity contribution in [1.82, 2.24) is 0 Å². The van der Waals surface area contributed by atoms with E-state index in [1.54, 1.807) is 6.07 Å². The van der Waals surface area contributed by atoms with Crippen LogP contribution in [0.4, 0.5) is 11.4 Å². The summed E-state index contributed by atoms with van der Waals surface area (Å²) in [5.41, 5.74) is 7.45. The average molecular weight is 1790 g/mol. The Kier molecular flexibility index (Phi) is 93.8. The Morgan fingerprint density at radius 1 is 0.246 bits per heavy atom. The number of benzene rings is 3. The zero-order valence-corrected chi connectivity index (χ0v) is 85.5. The molecule has 3 aromatic carbocycles. The van der Waals surface area contributed by atoms with E-state index in [-0.39, 0.29) is 28.7 Å². The van der Waals surface area contributed by atoms with E-state index in [4.69, 9.17) is 9.98 Å². The smallest absolute Gasteiger partial charge is 0.873 e. The minimum atomic E-state index is -0.521. The molecule has 0 aromatic heterocycles. The van der Waals surface area contributed by atoms with Gasteiger partial charge in [0, 0.05) is 12.8 Å². The first-order chi connectivity index (χ1) is 61.8. The number of rotatable bonds is 95. The van der Waals surface area contributed by atoms with Gasteiger partial charge in [0.25, 0.3) is 0 Å². The van der Waals surface area contributed by atoms with Crippen LogP contribution in [0.2, 0.25) is 0 Å². The number of ketones is 1. The van der Waals surface area contributed by atoms with Crippen molar-refractivity contribution >= 4 is 40.7 Å². The number of Topliss-reactive ketones (excluding diaryl/α,β-unsaturated/α-hetero) is 1. The summed E-state index contributed by atoms with van der Waals surface area (Å²) in [6.45, 7) is 11.5. The van der Waals surface area contributed by atoms with Crippen molar-refractivity contribution in [2.45, 2.75) is 600 Å². The second-order valence-corrected chi connectivity index (χ2v) is 39.0. The summed E-state index contributed by atoms with van der Waals surface area (Å²) in [5, 5.41) is 22.2. The number of unbranched alkanes of at least 4 members (excludes halogenated alkanes) is 80. The van der Waals surface area contributed by atoms with E-state index in [9.17, 15) is 15.0 Å². The maximum Gasteiger partial charge on any atom is 2.00 e. The van der Waals surface area contributed by atoms with Crippen LogP contribution in [-0.2, 0) is 27.7 Å². The van der Waals surface area contributed by atoms with Gasteiger partial charge in [0.2, 0.25) is 0 Å². The molecule has 6 heteroatoms. The fraction of sp³-hybridized carbons (Fsp3) is 0.775. The second kappa shape index (κ2) is 98.5. The SMILES string of the molecule is CCCCCCCCCCC(=O)Cc1ccc([O-])c([O-])c1.CCCCCCCCCCCCCCCCCCCCCCC=CC(=Nc1ccc(C=CCCCCCCCCCCCCCCCCCCCCCCCCCC)cc1)C(CCCCCCCC)=Nc1ccc(C=CCCCCCCCCCCCCCCCCCCCCCCCCCC)cc1.[Ni+2]. The molecule has 5 nitrogen and oxygen atoms in total. The van der Waals surface area contributed by atoms with Gasteiger partial charge in [-0.25, -0.2) is 4.99 Å². The third-order valence-corrected chi connectivity index (χ3v) is 26.7. The first kappa shape index (κ1) is 120. The van der Waals surface area contributed by atoms with Gasteiger partial charge in [-0.15, -0.1) is 11.5 Å². The van der Waals surface area contributed by atoms with Gasteiger partial charge in [-0.05, 0) is 105 Å². The van der Waals surface area contributed by atoms with Crippen LogP contribution in [0, 0.1) is 0 Å². The summed E-state index contributed by atoms with van der Waals surface area (Å²) in [7, 11) is 0. The van der Waals surface area contributed by atoms with Crippen molar-refractivity contribution in [3.05, 3.63) is 108 Å². The number of aliphatic imine (C=N–C) groups is 2. The van der Waals surface area contributed by atoms with Crippen LogP contribution in [0.5, 0.6) is 11.5 Å². The van der Waals surface area contributed by atoms with Gasteiger partial charge in [-0.2, -0.15) is 0 Å². The molecule has 0 fully saturated rings. The van der Waals surface area contributed by atoms with Gasteiger partial charge in [0.05, 0.1) is 22.8 Å². The maximum atomic E-state index is 11.8. The zero-order chi connectivity index (χ0) is 89.4. The fourth-order valence-corrected chi connectivity index (χ4v) is 18.2. The predicted octanol–water partition coefficient (Wildman–Crippen LogP) is 41.1.